The molecule has 18 heavy (non-hydrogen) atoms. The molecule has 2 rings (SSSR count). The minimum atomic E-state index is -0.803. The lowest BCUT2D eigenvalue weighted by Crippen LogP contribution is -2.59. The molecule has 1 aliphatic heterocycles. The summed E-state index contributed by atoms with van der Waals surface area (Å²) in [5, 5.41) is 0. The fraction of sp³-hybridized carbons (Fsp3) is 0.923. The molecule has 0 aromatic carbocycles. The van der Waals surface area contributed by atoms with Crippen LogP contribution >= 0.6 is 0 Å². The van der Waals surface area contributed by atoms with Crippen LogP contribution in [0.4, 0.5) is 0 Å². The molecule has 5 nitrogen and oxygen atoms in total. The normalized spacial score (nSPS) is 38.6. The standard InChI is InChI=1S/C13H25N3O2/c1-18-11-5-3-7-16(9-11)10-4-2-6-13(15,8-10)12(14)17/h10-11H,2-9,15H2,1H3,(H2,14,17). The van der Waals surface area contributed by atoms with Crippen LogP contribution in [0.25, 0.3) is 0 Å². The molecule has 104 valence electrons. The minimum Gasteiger partial charge on any atom is -0.380 e. The molecule has 0 radical (unpaired) electrons. The monoisotopic (exact) mass is 255 g/mol. The number of nitrogens with zero attached hydrogens (tertiary/aromatic N) is 1. The van der Waals surface area contributed by atoms with Gasteiger partial charge in [-0.1, -0.05) is 0 Å². The van der Waals surface area contributed by atoms with Crippen molar-refractivity contribution < 1.29 is 9.53 Å². The van der Waals surface area contributed by atoms with Gasteiger partial charge in [-0.3, -0.25) is 9.69 Å². The first-order valence-corrected chi connectivity index (χ1v) is 6.91. The number of methoxy groups -OCH3 is 1. The molecular weight excluding hydrogens is 230 g/mol. The van der Waals surface area contributed by atoms with E-state index in [1.807, 2.05) is 0 Å². The predicted molar refractivity (Wildman–Crippen MR) is 70.0 cm³/mol. The lowest BCUT2D eigenvalue weighted by atomic mass is 9.78. The van der Waals surface area contributed by atoms with Gasteiger partial charge in [0.05, 0.1) is 11.6 Å². The Bertz CT molecular complexity index is 311. The zero-order valence-electron chi connectivity index (χ0n) is 11.2. The number of piperidine rings is 1. The highest BCUT2D eigenvalue weighted by Crippen LogP contribution is 2.31. The Balaban J connectivity index is 1.98. The van der Waals surface area contributed by atoms with Crippen LogP contribution in [-0.4, -0.2) is 48.7 Å². The highest BCUT2D eigenvalue weighted by atomic mass is 16.5. The van der Waals surface area contributed by atoms with Crippen LogP contribution in [0.1, 0.15) is 38.5 Å². The Morgan fingerprint density at radius 2 is 2.17 bits per heavy atom. The Hall–Kier alpha value is -0.650. The number of carbonyl (C=O) groups excluding carboxylic acids is 1. The van der Waals surface area contributed by atoms with E-state index in [-0.39, 0.29) is 5.91 Å². The average Bonchev–Trinajstić information content (AvgIpc) is 2.39. The molecule has 1 saturated carbocycles. The second-order valence-electron chi connectivity index (χ2n) is 5.77. The molecule has 0 aromatic rings. The Labute approximate surface area is 109 Å². The molecule has 3 atom stereocenters. The van der Waals surface area contributed by atoms with Crippen molar-refractivity contribution in [2.75, 3.05) is 20.2 Å². The third-order valence-electron chi connectivity index (χ3n) is 4.51. The van der Waals surface area contributed by atoms with E-state index in [1.165, 1.54) is 0 Å². The van der Waals surface area contributed by atoms with Gasteiger partial charge in [0, 0.05) is 19.7 Å². The quantitative estimate of drug-likeness (QED) is 0.756. The number of carbonyl (C=O) groups is 1. The maximum absolute atomic E-state index is 11.5. The van der Waals surface area contributed by atoms with Gasteiger partial charge in [0.15, 0.2) is 0 Å². The largest absolute Gasteiger partial charge is 0.380 e. The molecule has 1 heterocycles. The molecule has 2 fully saturated rings. The summed E-state index contributed by atoms with van der Waals surface area (Å²) in [4.78, 5) is 13.9. The SMILES string of the molecule is COC1CCCN(C2CCCC(N)(C(N)=O)C2)C1. The maximum Gasteiger partial charge on any atom is 0.237 e. The van der Waals surface area contributed by atoms with E-state index in [9.17, 15) is 4.79 Å². The number of nitrogens with two attached hydrogens (primary N) is 2. The molecular formula is C13H25N3O2. The summed E-state index contributed by atoms with van der Waals surface area (Å²) in [6, 6.07) is 0.384. The molecule has 3 unspecified atom stereocenters. The van der Waals surface area contributed by atoms with Crippen LogP contribution in [0.15, 0.2) is 0 Å². The van der Waals surface area contributed by atoms with Gasteiger partial charge in [-0.2, -0.15) is 0 Å². The van der Waals surface area contributed by atoms with E-state index >= 15 is 0 Å². The highest BCUT2D eigenvalue weighted by Gasteiger charge is 2.40. The number of amides is 1. The zero-order chi connectivity index (χ0) is 13.2. The van der Waals surface area contributed by atoms with Gasteiger partial charge in [-0.25, -0.2) is 0 Å². The number of primary amides is 1. The molecule has 0 spiro atoms. The minimum absolute atomic E-state index is 0.321. The first-order chi connectivity index (χ1) is 8.55. The van der Waals surface area contributed by atoms with Gasteiger partial charge in [0.1, 0.15) is 0 Å². The number of likely N-dealkylation sites (tertiary alicyclic amines) is 1. The average molecular weight is 255 g/mol. The van der Waals surface area contributed by atoms with Crippen molar-refractivity contribution in [2.24, 2.45) is 11.5 Å². The van der Waals surface area contributed by atoms with Crippen LogP contribution in [0, 0.1) is 0 Å². The summed E-state index contributed by atoms with van der Waals surface area (Å²) in [5.41, 5.74) is 10.8. The van der Waals surface area contributed by atoms with E-state index in [4.69, 9.17) is 16.2 Å². The van der Waals surface area contributed by atoms with Gasteiger partial charge < -0.3 is 16.2 Å². The van der Waals surface area contributed by atoms with E-state index in [1.54, 1.807) is 7.11 Å². The molecule has 1 amide bonds. The summed E-state index contributed by atoms with van der Waals surface area (Å²) >= 11 is 0. The van der Waals surface area contributed by atoms with Gasteiger partial charge >= 0.3 is 0 Å². The van der Waals surface area contributed by atoms with Crippen molar-refractivity contribution in [3.8, 4) is 0 Å². The first-order valence-electron chi connectivity index (χ1n) is 6.91. The van der Waals surface area contributed by atoms with Crippen molar-refractivity contribution in [1.29, 1.82) is 0 Å². The van der Waals surface area contributed by atoms with Crippen LogP contribution in [0.5, 0.6) is 0 Å². The Kier molecular flexibility index (Phi) is 4.25. The molecule has 0 bridgehead atoms. The summed E-state index contributed by atoms with van der Waals surface area (Å²) in [7, 11) is 1.77. The number of ether oxygens (including phenoxy) is 1. The Morgan fingerprint density at radius 3 is 2.83 bits per heavy atom. The zero-order valence-corrected chi connectivity index (χ0v) is 11.2. The highest BCUT2D eigenvalue weighted by molar-refractivity contribution is 5.84. The van der Waals surface area contributed by atoms with Crippen molar-refractivity contribution >= 4 is 5.91 Å². The van der Waals surface area contributed by atoms with Crippen molar-refractivity contribution in [3.63, 3.8) is 0 Å². The molecule has 5 heteroatoms. The van der Waals surface area contributed by atoms with Crippen molar-refractivity contribution in [1.82, 2.24) is 4.90 Å². The molecule has 1 saturated heterocycles. The van der Waals surface area contributed by atoms with E-state index in [0.717, 1.165) is 45.2 Å². The van der Waals surface area contributed by atoms with Gasteiger partial charge in [0.25, 0.3) is 0 Å². The smallest absolute Gasteiger partial charge is 0.237 e. The van der Waals surface area contributed by atoms with Gasteiger partial charge in [-0.15, -0.1) is 0 Å². The van der Waals surface area contributed by atoms with E-state index < -0.39 is 5.54 Å². The fourth-order valence-corrected chi connectivity index (χ4v) is 3.30. The molecule has 1 aliphatic carbocycles. The van der Waals surface area contributed by atoms with Crippen molar-refractivity contribution in [3.05, 3.63) is 0 Å². The summed E-state index contributed by atoms with van der Waals surface area (Å²) in [6.07, 6.45) is 6.12. The second-order valence-corrected chi connectivity index (χ2v) is 5.77. The Morgan fingerprint density at radius 1 is 1.39 bits per heavy atom. The molecule has 0 aromatic heterocycles. The van der Waals surface area contributed by atoms with Gasteiger partial charge in [-0.05, 0) is 45.1 Å². The molecule has 4 N–H and O–H groups in total. The van der Waals surface area contributed by atoms with Crippen LogP contribution in [-0.2, 0) is 9.53 Å². The van der Waals surface area contributed by atoms with E-state index in [2.05, 4.69) is 4.90 Å². The second kappa shape index (κ2) is 5.55. The van der Waals surface area contributed by atoms with Gasteiger partial charge in [0.2, 0.25) is 5.91 Å². The lowest BCUT2D eigenvalue weighted by Gasteiger charge is -2.44. The van der Waals surface area contributed by atoms with E-state index in [0.29, 0.717) is 18.6 Å². The van der Waals surface area contributed by atoms with Crippen LogP contribution < -0.4 is 11.5 Å². The number of hydrogen-bond acceptors (Lipinski definition) is 4. The summed E-state index contributed by atoms with van der Waals surface area (Å²) < 4.78 is 5.45. The summed E-state index contributed by atoms with van der Waals surface area (Å²) in [5.74, 6) is -0.354. The number of rotatable bonds is 3. The fourth-order valence-electron chi connectivity index (χ4n) is 3.30. The van der Waals surface area contributed by atoms with Crippen molar-refractivity contribution in [2.45, 2.75) is 56.2 Å². The predicted octanol–water partition coefficient (Wildman–Crippen LogP) is 0.223. The third kappa shape index (κ3) is 2.84. The summed E-state index contributed by atoms with van der Waals surface area (Å²) in [6.45, 7) is 2.04. The third-order valence-corrected chi connectivity index (χ3v) is 4.51. The number of hydrogen-bond donors (Lipinski definition) is 2. The van der Waals surface area contributed by atoms with Crippen LogP contribution in [0.3, 0.4) is 0 Å². The van der Waals surface area contributed by atoms with Crippen LogP contribution in [0.2, 0.25) is 0 Å². The maximum atomic E-state index is 11.5. The molecule has 2 aliphatic rings. The first kappa shape index (κ1) is 13.8. The lowest BCUT2D eigenvalue weighted by molar-refractivity contribution is -0.125. The topological polar surface area (TPSA) is 81.6 Å².